The summed E-state index contributed by atoms with van der Waals surface area (Å²) in [5.41, 5.74) is 2.94. The van der Waals surface area contributed by atoms with Gasteiger partial charge >= 0.3 is 0 Å². The number of nitrogens with zero attached hydrogens (tertiary/aromatic N) is 1. The van der Waals surface area contributed by atoms with Gasteiger partial charge in [0.2, 0.25) is 5.91 Å². The molecule has 0 fully saturated rings. The van der Waals surface area contributed by atoms with Crippen molar-refractivity contribution in [2.75, 3.05) is 10.6 Å². The van der Waals surface area contributed by atoms with Crippen molar-refractivity contribution in [3.05, 3.63) is 54.4 Å². The highest BCUT2D eigenvalue weighted by Gasteiger charge is 2.04. The molecule has 1 unspecified atom stereocenters. The van der Waals surface area contributed by atoms with E-state index in [0.29, 0.717) is 0 Å². The van der Waals surface area contributed by atoms with Crippen LogP contribution in [0.2, 0.25) is 0 Å². The smallest absolute Gasteiger partial charge is 0.221 e. The fourth-order valence-electron chi connectivity index (χ4n) is 1.82. The molecule has 0 aliphatic heterocycles. The summed E-state index contributed by atoms with van der Waals surface area (Å²) < 4.78 is 0. The zero-order chi connectivity index (χ0) is 13.7. The van der Waals surface area contributed by atoms with Crippen LogP contribution in [0.4, 0.5) is 11.4 Å². The van der Waals surface area contributed by atoms with E-state index in [-0.39, 0.29) is 11.9 Å². The van der Waals surface area contributed by atoms with Gasteiger partial charge in [-0.1, -0.05) is 6.07 Å². The Kier molecular flexibility index (Phi) is 4.13. The number of carbonyl (C=O) groups excluding carboxylic acids is 1. The van der Waals surface area contributed by atoms with Crippen molar-refractivity contribution in [1.29, 1.82) is 0 Å². The molecule has 1 aromatic carbocycles. The van der Waals surface area contributed by atoms with Gasteiger partial charge in [-0.25, -0.2) is 0 Å². The van der Waals surface area contributed by atoms with Crippen molar-refractivity contribution in [3.63, 3.8) is 0 Å². The van der Waals surface area contributed by atoms with E-state index in [1.807, 2.05) is 42.6 Å². The lowest BCUT2D eigenvalue weighted by Crippen LogP contribution is -2.08. The number of rotatable bonds is 4. The lowest BCUT2D eigenvalue weighted by molar-refractivity contribution is -0.114. The van der Waals surface area contributed by atoms with Gasteiger partial charge in [0, 0.05) is 30.7 Å². The van der Waals surface area contributed by atoms with E-state index in [2.05, 4.69) is 22.5 Å². The van der Waals surface area contributed by atoms with E-state index < -0.39 is 0 Å². The molecule has 2 aromatic rings. The van der Waals surface area contributed by atoms with Crippen molar-refractivity contribution in [3.8, 4) is 0 Å². The standard InChI is InChI=1S/C15H17N3O/c1-11(13-4-3-9-16-10-13)17-14-5-7-15(8-6-14)18-12(2)19/h3-11,17H,1-2H3,(H,18,19). The Bertz CT molecular complexity index is 537. The number of pyridine rings is 1. The van der Waals surface area contributed by atoms with E-state index in [1.165, 1.54) is 6.92 Å². The minimum Gasteiger partial charge on any atom is -0.378 e. The van der Waals surface area contributed by atoms with Crippen LogP contribution >= 0.6 is 0 Å². The second-order valence-corrected chi connectivity index (χ2v) is 4.41. The van der Waals surface area contributed by atoms with Gasteiger partial charge in [-0.15, -0.1) is 0 Å². The molecule has 2 N–H and O–H groups in total. The topological polar surface area (TPSA) is 54.0 Å². The molecule has 1 atom stereocenters. The van der Waals surface area contributed by atoms with Gasteiger partial charge in [-0.2, -0.15) is 0 Å². The van der Waals surface area contributed by atoms with Crippen LogP contribution in [0.1, 0.15) is 25.5 Å². The third-order valence-corrected chi connectivity index (χ3v) is 2.77. The van der Waals surface area contributed by atoms with Crippen molar-refractivity contribution in [2.24, 2.45) is 0 Å². The molecule has 0 aliphatic rings. The molecule has 4 heteroatoms. The molecule has 0 spiro atoms. The van der Waals surface area contributed by atoms with E-state index in [9.17, 15) is 4.79 Å². The Hall–Kier alpha value is -2.36. The summed E-state index contributed by atoms with van der Waals surface area (Å²) in [5.74, 6) is -0.0653. The second kappa shape index (κ2) is 6.00. The number of carbonyl (C=O) groups is 1. The molecular weight excluding hydrogens is 238 g/mol. The fourth-order valence-corrected chi connectivity index (χ4v) is 1.82. The summed E-state index contributed by atoms with van der Waals surface area (Å²) >= 11 is 0. The van der Waals surface area contributed by atoms with Crippen LogP contribution in [0.25, 0.3) is 0 Å². The monoisotopic (exact) mass is 255 g/mol. The Morgan fingerprint density at radius 3 is 2.42 bits per heavy atom. The molecule has 0 bridgehead atoms. The highest BCUT2D eigenvalue weighted by Crippen LogP contribution is 2.20. The number of anilines is 2. The number of benzene rings is 1. The lowest BCUT2D eigenvalue weighted by Gasteiger charge is -2.15. The van der Waals surface area contributed by atoms with Gasteiger partial charge in [0.15, 0.2) is 0 Å². The number of aromatic nitrogens is 1. The zero-order valence-electron chi connectivity index (χ0n) is 11.1. The second-order valence-electron chi connectivity index (χ2n) is 4.41. The molecule has 19 heavy (non-hydrogen) atoms. The fraction of sp³-hybridized carbons (Fsp3) is 0.200. The van der Waals surface area contributed by atoms with Crippen LogP contribution in [0, 0.1) is 0 Å². The number of hydrogen-bond donors (Lipinski definition) is 2. The van der Waals surface area contributed by atoms with Crippen LogP contribution in [-0.4, -0.2) is 10.9 Å². The Labute approximate surface area is 112 Å². The predicted octanol–water partition coefficient (Wildman–Crippen LogP) is 3.21. The SMILES string of the molecule is CC(=O)Nc1ccc(NC(C)c2cccnc2)cc1. The number of hydrogen-bond acceptors (Lipinski definition) is 3. The van der Waals surface area contributed by atoms with Crippen LogP contribution < -0.4 is 10.6 Å². The first-order chi connectivity index (χ1) is 9.15. The quantitative estimate of drug-likeness (QED) is 0.882. The zero-order valence-corrected chi connectivity index (χ0v) is 11.1. The average Bonchev–Trinajstić information content (AvgIpc) is 2.41. The molecule has 98 valence electrons. The minimum atomic E-state index is -0.0653. The van der Waals surface area contributed by atoms with Gasteiger partial charge < -0.3 is 10.6 Å². The van der Waals surface area contributed by atoms with Gasteiger partial charge in [0.1, 0.15) is 0 Å². The van der Waals surface area contributed by atoms with Crippen molar-refractivity contribution in [2.45, 2.75) is 19.9 Å². The van der Waals surface area contributed by atoms with E-state index >= 15 is 0 Å². The van der Waals surface area contributed by atoms with Crippen LogP contribution in [0.3, 0.4) is 0 Å². The first kappa shape index (κ1) is 13.1. The van der Waals surface area contributed by atoms with Gasteiger partial charge in [0.25, 0.3) is 0 Å². The highest BCUT2D eigenvalue weighted by atomic mass is 16.1. The van der Waals surface area contributed by atoms with Crippen LogP contribution in [-0.2, 0) is 4.79 Å². The third kappa shape index (κ3) is 3.81. The molecule has 1 amide bonds. The maximum Gasteiger partial charge on any atom is 0.221 e. The molecule has 1 aromatic heterocycles. The predicted molar refractivity (Wildman–Crippen MR) is 77.0 cm³/mol. The molecule has 4 nitrogen and oxygen atoms in total. The van der Waals surface area contributed by atoms with Crippen molar-refractivity contribution >= 4 is 17.3 Å². The van der Waals surface area contributed by atoms with Crippen molar-refractivity contribution in [1.82, 2.24) is 4.98 Å². The Morgan fingerprint density at radius 1 is 1.16 bits per heavy atom. The van der Waals surface area contributed by atoms with E-state index in [1.54, 1.807) is 6.20 Å². The maximum absolute atomic E-state index is 10.9. The highest BCUT2D eigenvalue weighted by molar-refractivity contribution is 5.88. The number of nitrogens with one attached hydrogen (secondary N) is 2. The third-order valence-electron chi connectivity index (χ3n) is 2.77. The summed E-state index contributed by atoms with van der Waals surface area (Å²) in [4.78, 5) is 15.0. The summed E-state index contributed by atoms with van der Waals surface area (Å²) in [7, 11) is 0. The molecular formula is C15H17N3O. The molecule has 0 radical (unpaired) electrons. The van der Waals surface area contributed by atoms with Crippen LogP contribution in [0.5, 0.6) is 0 Å². The molecule has 1 heterocycles. The summed E-state index contributed by atoms with van der Waals surface area (Å²) in [6.07, 6.45) is 3.61. The summed E-state index contributed by atoms with van der Waals surface area (Å²) in [6, 6.07) is 11.8. The Morgan fingerprint density at radius 2 is 1.84 bits per heavy atom. The van der Waals surface area contributed by atoms with Gasteiger partial charge in [-0.3, -0.25) is 9.78 Å². The van der Waals surface area contributed by atoms with Crippen LogP contribution in [0.15, 0.2) is 48.8 Å². The Balaban J connectivity index is 2.01. The largest absolute Gasteiger partial charge is 0.378 e. The van der Waals surface area contributed by atoms with Gasteiger partial charge in [-0.05, 0) is 42.8 Å². The first-order valence-electron chi connectivity index (χ1n) is 6.19. The number of amides is 1. The van der Waals surface area contributed by atoms with Gasteiger partial charge in [0.05, 0.1) is 6.04 Å². The van der Waals surface area contributed by atoms with E-state index in [4.69, 9.17) is 0 Å². The first-order valence-corrected chi connectivity index (χ1v) is 6.19. The summed E-state index contributed by atoms with van der Waals surface area (Å²) in [5, 5.41) is 6.13. The molecule has 0 saturated heterocycles. The minimum absolute atomic E-state index is 0.0653. The average molecular weight is 255 g/mol. The normalized spacial score (nSPS) is 11.7. The maximum atomic E-state index is 10.9. The molecule has 0 saturated carbocycles. The molecule has 0 aliphatic carbocycles. The summed E-state index contributed by atoms with van der Waals surface area (Å²) in [6.45, 7) is 3.58. The van der Waals surface area contributed by atoms with Crippen molar-refractivity contribution < 1.29 is 4.79 Å². The van der Waals surface area contributed by atoms with E-state index in [0.717, 1.165) is 16.9 Å². The molecule has 2 rings (SSSR count). The lowest BCUT2D eigenvalue weighted by atomic mass is 10.1.